The van der Waals surface area contributed by atoms with Gasteiger partial charge >= 0.3 is 6.18 Å². The zero-order valence-electron chi connectivity index (χ0n) is 15.0. The van der Waals surface area contributed by atoms with Crippen LogP contribution in [0.1, 0.15) is 24.2 Å². The number of hydrogen-bond acceptors (Lipinski definition) is 6. The Bertz CT molecular complexity index is 970. The zero-order valence-corrected chi connectivity index (χ0v) is 16.6. The van der Waals surface area contributed by atoms with Gasteiger partial charge in [-0.25, -0.2) is 19.9 Å². The van der Waals surface area contributed by atoms with Crippen molar-refractivity contribution in [3.63, 3.8) is 0 Å². The van der Waals surface area contributed by atoms with Crippen LogP contribution in [0.15, 0.2) is 65.0 Å². The lowest BCUT2D eigenvalue weighted by Gasteiger charge is -2.17. The molecule has 0 unspecified atom stereocenters. The number of thiocarbonyl (C=S) groups is 1. The Balaban J connectivity index is 1.78. The lowest BCUT2D eigenvalue weighted by Crippen LogP contribution is -2.31. The van der Waals surface area contributed by atoms with Crippen LogP contribution < -0.4 is 10.6 Å². The van der Waals surface area contributed by atoms with E-state index in [9.17, 15) is 13.2 Å². The third-order valence-corrected chi connectivity index (χ3v) is 4.64. The van der Waals surface area contributed by atoms with Crippen LogP contribution in [0.5, 0.6) is 0 Å². The normalized spacial score (nSPS) is 12.3. The van der Waals surface area contributed by atoms with Crippen molar-refractivity contribution in [2.45, 2.75) is 29.3 Å². The Kier molecular flexibility index (Phi) is 6.60. The number of benzene rings is 1. The molecule has 2 heterocycles. The van der Waals surface area contributed by atoms with Gasteiger partial charge in [0, 0.05) is 18.5 Å². The highest BCUT2D eigenvalue weighted by molar-refractivity contribution is 7.99. The van der Waals surface area contributed by atoms with Gasteiger partial charge < -0.3 is 10.6 Å². The smallest absolute Gasteiger partial charge is 0.356 e. The van der Waals surface area contributed by atoms with Gasteiger partial charge in [-0.2, -0.15) is 13.2 Å². The molecule has 0 saturated heterocycles. The second-order valence-corrected chi connectivity index (χ2v) is 7.17. The van der Waals surface area contributed by atoms with E-state index in [1.54, 1.807) is 6.07 Å². The molecule has 11 heteroatoms. The molecule has 3 rings (SSSR count). The fourth-order valence-electron chi connectivity index (χ4n) is 2.27. The highest BCUT2D eigenvalue weighted by atomic mass is 32.2. The molecule has 0 spiro atoms. The molecule has 2 aromatic heterocycles. The van der Waals surface area contributed by atoms with Crippen LogP contribution in [0.2, 0.25) is 0 Å². The molecule has 1 aromatic carbocycles. The second-order valence-electron chi connectivity index (χ2n) is 5.78. The number of anilines is 1. The summed E-state index contributed by atoms with van der Waals surface area (Å²) in [6.45, 7) is 1.88. The van der Waals surface area contributed by atoms with Crippen LogP contribution in [0.4, 0.5) is 19.1 Å². The van der Waals surface area contributed by atoms with Gasteiger partial charge in [-0.05, 0) is 42.5 Å². The van der Waals surface area contributed by atoms with Gasteiger partial charge in [0.15, 0.2) is 16.0 Å². The SMILES string of the molecule is C[C@@H](NC(=S)Nc1nc(Sc2ncccn2)cc(C(F)(F)F)n1)c1ccccc1. The topological polar surface area (TPSA) is 75.6 Å². The molecule has 0 radical (unpaired) electrons. The summed E-state index contributed by atoms with van der Waals surface area (Å²) in [6.07, 6.45) is -1.66. The summed E-state index contributed by atoms with van der Waals surface area (Å²) >= 11 is 6.10. The third kappa shape index (κ3) is 6.09. The Morgan fingerprint density at radius 2 is 1.76 bits per heavy atom. The van der Waals surface area contributed by atoms with Crippen LogP contribution >= 0.6 is 24.0 Å². The van der Waals surface area contributed by atoms with E-state index in [2.05, 4.69) is 30.6 Å². The zero-order chi connectivity index (χ0) is 20.9. The van der Waals surface area contributed by atoms with Crippen LogP contribution in [0.3, 0.4) is 0 Å². The van der Waals surface area contributed by atoms with Gasteiger partial charge in [0.2, 0.25) is 5.95 Å². The number of aromatic nitrogens is 4. The van der Waals surface area contributed by atoms with Crippen molar-refractivity contribution in [2.75, 3.05) is 5.32 Å². The maximum Gasteiger partial charge on any atom is 0.433 e. The van der Waals surface area contributed by atoms with Gasteiger partial charge in [0.1, 0.15) is 5.03 Å². The number of rotatable bonds is 5. The average molecular weight is 436 g/mol. The van der Waals surface area contributed by atoms with Crippen molar-refractivity contribution in [1.82, 2.24) is 25.3 Å². The predicted octanol–water partition coefficient (Wildman–Crippen LogP) is 4.48. The van der Waals surface area contributed by atoms with Gasteiger partial charge in [0.05, 0.1) is 6.04 Å². The van der Waals surface area contributed by atoms with Crippen LogP contribution in [0, 0.1) is 0 Å². The first-order valence-corrected chi connectivity index (χ1v) is 9.57. The lowest BCUT2D eigenvalue weighted by atomic mass is 10.1. The van der Waals surface area contributed by atoms with E-state index in [-0.39, 0.29) is 27.3 Å². The molecular formula is C18H15F3N6S2. The standard InChI is InChI=1S/C18H15F3N6S2/c1-11(12-6-3-2-4-7-12)24-16(28)27-15-25-13(18(19,20)21)10-14(26-15)29-17-22-8-5-9-23-17/h2-11H,1H3,(H2,24,25,26,27,28)/t11-/m1/s1. The molecule has 0 aliphatic rings. The summed E-state index contributed by atoms with van der Waals surface area (Å²) in [5.74, 6) is -0.268. The fraction of sp³-hybridized carbons (Fsp3) is 0.167. The Morgan fingerprint density at radius 3 is 2.41 bits per heavy atom. The minimum absolute atomic E-state index is 0.0416. The number of alkyl halides is 3. The van der Waals surface area contributed by atoms with E-state index in [1.165, 1.54) is 12.4 Å². The first kappa shape index (κ1) is 20.9. The lowest BCUT2D eigenvalue weighted by molar-refractivity contribution is -0.141. The number of nitrogens with zero attached hydrogens (tertiary/aromatic N) is 4. The third-order valence-electron chi connectivity index (χ3n) is 3.60. The maximum atomic E-state index is 13.2. The van der Waals surface area contributed by atoms with E-state index in [0.717, 1.165) is 23.4 Å². The monoisotopic (exact) mass is 436 g/mol. The molecule has 1 atom stereocenters. The molecule has 0 aliphatic carbocycles. The second kappa shape index (κ2) is 9.14. The number of nitrogens with one attached hydrogen (secondary N) is 2. The van der Waals surface area contributed by atoms with Gasteiger partial charge in [-0.1, -0.05) is 30.3 Å². The summed E-state index contributed by atoms with van der Waals surface area (Å²) in [4.78, 5) is 15.6. The Labute approximate surface area is 174 Å². The molecule has 0 fully saturated rings. The predicted molar refractivity (Wildman–Crippen MR) is 107 cm³/mol. The summed E-state index contributed by atoms with van der Waals surface area (Å²) in [7, 11) is 0. The van der Waals surface area contributed by atoms with Crippen molar-refractivity contribution in [3.8, 4) is 0 Å². The van der Waals surface area contributed by atoms with Crippen LogP contribution in [-0.2, 0) is 6.18 Å². The van der Waals surface area contributed by atoms with Crippen molar-refractivity contribution in [2.24, 2.45) is 0 Å². The van der Waals surface area contributed by atoms with E-state index in [4.69, 9.17) is 12.2 Å². The van der Waals surface area contributed by atoms with Crippen molar-refractivity contribution < 1.29 is 13.2 Å². The van der Waals surface area contributed by atoms with Crippen molar-refractivity contribution in [1.29, 1.82) is 0 Å². The average Bonchev–Trinajstić information content (AvgIpc) is 2.68. The van der Waals surface area contributed by atoms with E-state index in [0.29, 0.717) is 0 Å². The summed E-state index contributed by atoms with van der Waals surface area (Å²) in [5.41, 5.74) is -0.119. The van der Waals surface area contributed by atoms with E-state index in [1.807, 2.05) is 37.3 Å². The molecule has 0 aliphatic heterocycles. The number of halogens is 3. The summed E-state index contributed by atoms with van der Waals surface area (Å²) < 4.78 is 39.7. The van der Waals surface area contributed by atoms with E-state index < -0.39 is 11.9 Å². The van der Waals surface area contributed by atoms with Crippen LogP contribution in [0.25, 0.3) is 0 Å². The molecule has 29 heavy (non-hydrogen) atoms. The maximum absolute atomic E-state index is 13.2. The van der Waals surface area contributed by atoms with Gasteiger partial charge in [-0.15, -0.1) is 0 Å². The molecule has 3 aromatic rings. The fourth-order valence-corrected chi connectivity index (χ4v) is 3.25. The molecule has 0 saturated carbocycles. The Hall–Kier alpha value is -2.79. The van der Waals surface area contributed by atoms with Gasteiger partial charge in [0.25, 0.3) is 0 Å². The van der Waals surface area contributed by atoms with Gasteiger partial charge in [-0.3, -0.25) is 0 Å². The highest BCUT2D eigenvalue weighted by Crippen LogP contribution is 2.32. The molecule has 0 bridgehead atoms. The minimum Gasteiger partial charge on any atom is -0.356 e. The van der Waals surface area contributed by atoms with Crippen molar-refractivity contribution >= 4 is 35.0 Å². The summed E-state index contributed by atoms with van der Waals surface area (Å²) in [5, 5.41) is 6.04. The van der Waals surface area contributed by atoms with E-state index >= 15 is 0 Å². The Morgan fingerprint density at radius 1 is 1.07 bits per heavy atom. The molecule has 2 N–H and O–H groups in total. The molecule has 0 amide bonds. The van der Waals surface area contributed by atoms with Crippen molar-refractivity contribution in [3.05, 3.63) is 66.1 Å². The first-order chi connectivity index (χ1) is 13.8. The molecule has 6 nitrogen and oxygen atoms in total. The molecule has 150 valence electrons. The number of hydrogen-bond donors (Lipinski definition) is 2. The summed E-state index contributed by atoms with van der Waals surface area (Å²) in [6, 6.07) is 11.8. The quantitative estimate of drug-likeness (QED) is 0.344. The largest absolute Gasteiger partial charge is 0.433 e. The minimum atomic E-state index is -4.64. The molecular weight excluding hydrogens is 421 g/mol. The van der Waals surface area contributed by atoms with Crippen LogP contribution in [-0.4, -0.2) is 25.0 Å². The highest BCUT2D eigenvalue weighted by Gasteiger charge is 2.34. The first-order valence-electron chi connectivity index (χ1n) is 8.35.